The first-order chi connectivity index (χ1) is 9.15. The Morgan fingerprint density at radius 2 is 2.21 bits per heavy atom. The van der Waals surface area contributed by atoms with Gasteiger partial charge in [0, 0.05) is 18.3 Å². The van der Waals surface area contributed by atoms with Crippen LogP contribution in [0, 0.1) is 12.8 Å². The highest BCUT2D eigenvalue weighted by Crippen LogP contribution is 2.09. The quantitative estimate of drug-likeness (QED) is 0.722. The monoisotopic (exact) mass is 325 g/mol. The van der Waals surface area contributed by atoms with Gasteiger partial charge in [-0.3, -0.25) is 4.79 Å². The second kappa shape index (κ2) is 9.13. The maximum atomic E-state index is 11.8. The Kier molecular flexibility index (Phi) is 7.80. The Hall–Kier alpha value is -0.830. The summed E-state index contributed by atoms with van der Waals surface area (Å²) in [4.78, 5) is 11.8. The smallest absolute Gasteiger partial charge is 0.220 e. The summed E-state index contributed by atoms with van der Waals surface area (Å²) in [7, 11) is 0. The van der Waals surface area contributed by atoms with Gasteiger partial charge in [0.2, 0.25) is 5.91 Å². The van der Waals surface area contributed by atoms with Crippen LogP contribution in [0.25, 0.3) is 0 Å². The third-order valence-electron chi connectivity index (χ3n) is 3.41. The molecule has 106 valence electrons. The summed E-state index contributed by atoms with van der Waals surface area (Å²) in [5.74, 6) is 0.747. The minimum absolute atomic E-state index is 0.162. The molecule has 1 N–H and O–H groups in total. The number of halogens is 1. The first kappa shape index (κ1) is 16.2. The molecule has 0 saturated heterocycles. The standard InChI is InChI=1S/C16H24BrNO/c1-3-14(9-10-17)12-18-16(19)8-7-15-6-4-5-13(2)11-15/h4-6,11,14H,3,7-10,12H2,1-2H3,(H,18,19). The summed E-state index contributed by atoms with van der Waals surface area (Å²) in [6, 6.07) is 8.36. The molecule has 1 amide bonds. The van der Waals surface area contributed by atoms with Crippen molar-refractivity contribution >= 4 is 21.8 Å². The molecule has 0 bridgehead atoms. The van der Waals surface area contributed by atoms with Gasteiger partial charge in [-0.25, -0.2) is 0 Å². The van der Waals surface area contributed by atoms with Crippen LogP contribution in [0.15, 0.2) is 24.3 Å². The van der Waals surface area contributed by atoms with Crippen molar-refractivity contribution in [3.63, 3.8) is 0 Å². The fourth-order valence-corrected chi connectivity index (χ4v) is 2.72. The Morgan fingerprint density at radius 1 is 1.42 bits per heavy atom. The number of alkyl halides is 1. The fraction of sp³-hybridized carbons (Fsp3) is 0.562. The normalized spacial score (nSPS) is 12.2. The van der Waals surface area contributed by atoms with E-state index in [0.29, 0.717) is 12.3 Å². The van der Waals surface area contributed by atoms with E-state index in [9.17, 15) is 4.79 Å². The Bertz CT molecular complexity index is 392. The van der Waals surface area contributed by atoms with Gasteiger partial charge < -0.3 is 5.32 Å². The molecule has 0 aliphatic carbocycles. The average Bonchev–Trinajstić information content (AvgIpc) is 2.41. The largest absolute Gasteiger partial charge is 0.356 e. The van der Waals surface area contributed by atoms with E-state index in [2.05, 4.69) is 53.3 Å². The molecule has 0 aromatic heterocycles. The second-order valence-electron chi connectivity index (χ2n) is 5.05. The lowest BCUT2D eigenvalue weighted by atomic mass is 10.0. The zero-order valence-corrected chi connectivity index (χ0v) is 13.5. The van der Waals surface area contributed by atoms with E-state index >= 15 is 0 Å². The van der Waals surface area contributed by atoms with E-state index < -0.39 is 0 Å². The van der Waals surface area contributed by atoms with Crippen molar-refractivity contribution < 1.29 is 4.79 Å². The molecule has 0 saturated carbocycles. The van der Waals surface area contributed by atoms with Gasteiger partial charge in [-0.1, -0.05) is 59.1 Å². The molecule has 19 heavy (non-hydrogen) atoms. The number of hydrogen-bond donors (Lipinski definition) is 1. The number of aryl methyl sites for hydroxylation is 2. The fourth-order valence-electron chi connectivity index (χ4n) is 2.08. The van der Waals surface area contributed by atoms with Crippen LogP contribution < -0.4 is 5.32 Å². The molecule has 1 rings (SSSR count). The summed E-state index contributed by atoms with van der Waals surface area (Å²) in [5, 5.41) is 4.05. The summed E-state index contributed by atoms with van der Waals surface area (Å²) in [5.41, 5.74) is 2.49. The van der Waals surface area contributed by atoms with Crippen LogP contribution in [-0.2, 0) is 11.2 Å². The van der Waals surface area contributed by atoms with Gasteiger partial charge in [-0.15, -0.1) is 0 Å². The molecule has 0 spiro atoms. The number of rotatable bonds is 8. The molecule has 0 aliphatic rings. The molecule has 1 unspecified atom stereocenters. The highest BCUT2D eigenvalue weighted by Gasteiger charge is 2.08. The Morgan fingerprint density at radius 3 is 2.84 bits per heavy atom. The minimum atomic E-state index is 0.162. The lowest BCUT2D eigenvalue weighted by molar-refractivity contribution is -0.121. The second-order valence-corrected chi connectivity index (χ2v) is 5.84. The van der Waals surface area contributed by atoms with Crippen LogP contribution in [0.3, 0.4) is 0 Å². The molecular formula is C16H24BrNO. The number of nitrogens with one attached hydrogen (secondary N) is 1. The van der Waals surface area contributed by atoms with Gasteiger partial charge in [0.1, 0.15) is 0 Å². The van der Waals surface area contributed by atoms with Crippen molar-refractivity contribution in [3.05, 3.63) is 35.4 Å². The van der Waals surface area contributed by atoms with Crippen molar-refractivity contribution in [1.82, 2.24) is 5.32 Å². The third-order valence-corrected chi connectivity index (χ3v) is 3.86. The van der Waals surface area contributed by atoms with Gasteiger partial charge in [-0.2, -0.15) is 0 Å². The molecule has 3 heteroatoms. The summed E-state index contributed by atoms with van der Waals surface area (Å²) < 4.78 is 0. The third kappa shape index (κ3) is 6.76. The van der Waals surface area contributed by atoms with Crippen LogP contribution in [0.4, 0.5) is 0 Å². The van der Waals surface area contributed by atoms with Gasteiger partial charge in [-0.05, 0) is 31.2 Å². The zero-order chi connectivity index (χ0) is 14.1. The number of benzene rings is 1. The van der Waals surface area contributed by atoms with E-state index in [1.54, 1.807) is 0 Å². The molecule has 0 fully saturated rings. The lowest BCUT2D eigenvalue weighted by Crippen LogP contribution is -2.29. The Labute approximate surface area is 125 Å². The van der Waals surface area contributed by atoms with Crippen LogP contribution in [0.2, 0.25) is 0 Å². The van der Waals surface area contributed by atoms with Crippen molar-refractivity contribution in [3.8, 4) is 0 Å². The maximum Gasteiger partial charge on any atom is 0.220 e. The average molecular weight is 326 g/mol. The summed E-state index contributed by atoms with van der Waals surface area (Å²) in [6.45, 7) is 5.05. The highest BCUT2D eigenvalue weighted by molar-refractivity contribution is 9.09. The van der Waals surface area contributed by atoms with E-state index in [1.165, 1.54) is 11.1 Å². The van der Waals surface area contributed by atoms with Crippen LogP contribution >= 0.6 is 15.9 Å². The minimum Gasteiger partial charge on any atom is -0.356 e. The van der Waals surface area contributed by atoms with Gasteiger partial charge in [0.25, 0.3) is 0 Å². The topological polar surface area (TPSA) is 29.1 Å². The van der Waals surface area contributed by atoms with E-state index in [-0.39, 0.29) is 5.91 Å². The van der Waals surface area contributed by atoms with Crippen LogP contribution in [-0.4, -0.2) is 17.8 Å². The molecule has 0 radical (unpaired) electrons. The SMILES string of the molecule is CCC(CCBr)CNC(=O)CCc1cccc(C)c1. The molecule has 1 atom stereocenters. The van der Waals surface area contributed by atoms with Crippen molar-refractivity contribution in [2.45, 2.75) is 39.5 Å². The predicted molar refractivity (Wildman–Crippen MR) is 84.7 cm³/mol. The van der Waals surface area contributed by atoms with Gasteiger partial charge >= 0.3 is 0 Å². The van der Waals surface area contributed by atoms with E-state index in [0.717, 1.165) is 31.1 Å². The first-order valence-electron chi connectivity index (χ1n) is 7.04. The molecule has 1 aromatic carbocycles. The van der Waals surface area contributed by atoms with Crippen LogP contribution in [0.1, 0.15) is 37.3 Å². The lowest BCUT2D eigenvalue weighted by Gasteiger charge is -2.14. The number of amides is 1. The molecule has 1 aromatic rings. The van der Waals surface area contributed by atoms with Crippen molar-refractivity contribution in [2.24, 2.45) is 5.92 Å². The Balaban J connectivity index is 2.28. The molecular weight excluding hydrogens is 302 g/mol. The summed E-state index contributed by atoms with van der Waals surface area (Å²) >= 11 is 3.45. The molecule has 0 heterocycles. The first-order valence-corrected chi connectivity index (χ1v) is 8.16. The number of carbonyl (C=O) groups is 1. The molecule has 0 aliphatic heterocycles. The van der Waals surface area contributed by atoms with Gasteiger partial charge in [0.05, 0.1) is 0 Å². The number of hydrogen-bond acceptors (Lipinski definition) is 1. The predicted octanol–water partition coefficient (Wildman–Crippen LogP) is 3.86. The maximum absolute atomic E-state index is 11.8. The highest BCUT2D eigenvalue weighted by atomic mass is 79.9. The zero-order valence-electron chi connectivity index (χ0n) is 11.9. The van der Waals surface area contributed by atoms with Gasteiger partial charge in [0.15, 0.2) is 0 Å². The van der Waals surface area contributed by atoms with Crippen LogP contribution in [0.5, 0.6) is 0 Å². The number of carbonyl (C=O) groups excluding carboxylic acids is 1. The van der Waals surface area contributed by atoms with E-state index in [1.807, 2.05) is 6.07 Å². The summed E-state index contributed by atoms with van der Waals surface area (Å²) in [6.07, 6.45) is 3.63. The van der Waals surface area contributed by atoms with Crippen molar-refractivity contribution in [2.75, 3.05) is 11.9 Å². The van der Waals surface area contributed by atoms with Crippen molar-refractivity contribution in [1.29, 1.82) is 0 Å². The molecule has 2 nitrogen and oxygen atoms in total. The van der Waals surface area contributed by atoms with E-state index in [4.69, 9.17) is 0 Å².